The predicted molar refractivity (Wildman–Crippen MR) is 87.1 cm³/mol. The molecule has 0 aliphatic rings. The van der Waals surface area contributed by atoms with Crippen LogP contribution in [0.2, 0.25) is 0 Å². The first-order valence-corrected chi connectivity index (χ1v) is 7.30. The monoisotopic (exact) mass is 285 g/mol. The number of anilines is 1. The number of nitrogens with one attached hydrogen (secondary N) is 1. The van der Waals surface area contributed by atoms with Crippen LogP contribution >= 0.6 is 0 Å². The molecule has 0 spiro atoms. The highest BCUT2D eigenvalue weighted by Gasteiger charge is 2.02. The third-order valence-electron chi connectivity index (χ3n) is 3.11. The maximum atomic E-state index is 5.85. The summed E-state index contributed by atoms with van der Waals surface area (Å²) in [5.41, 5.74) is 2.28. The summed E-state index contributed by atoms with van der Waals surface area (Å²) in [4.78, 5) is 6.32. The molecule has 1 aromatic heterocycles. The molecule has 0 atom stereocenters. The molecule has 4 nitrogen and oxygen atoms in total. The largest absolute Gasteiger partial charge is 0.439 e. The molecule has 1 heterocycles. The third kappa shape index (κ3) is 4.76. The lowest BCUT2D eigenvalue weighted by Gasteiger charge is -2.14. The van der Waals surface area contributed by atoms with Gasteiger partial charge < -0.3 is 15.0 Å². The Morgan fingerprint density at radius 2 is 2.05 bits per heavy atom. The highest BCUT2D eigenvalue weighted by atomic mass is 16.5. The van der Waals surface area contributed by atoms with E-state index in [1.54, 1.807) is 6.20 Å². The minimum atomic E-state index is 0.627. The average molecular weight is 285 g/mol. The van der Waals surface area contributed by atoms with Crippen LogP contribution in [0.25, 0.3) is 0 Å². The maximum absolute atomic E-state index is 5.85. The summed E-state index contributed by atoms with van der Waals surface area (Å²) in [6.07, 6.45) is 2.92. The summed E-state index contributed by atoms with van der Waals surface area (Å²) in [6, 6.07) is 12.0. The molecule has 21 heavy (non-hydrogen) atoms. The molecule has 4 heteroatoms. The van der Waals surface area contributed by atoms with Crippen LogP contribution in [0.1, 0.15) is 18.9 Å². The van der Waals surface area contributed by atoms with E-state index >= 15 is 0 Å². The van der Waals surface area contributed by atoms with Crippen molar-refractivity contribution in [2.75, 3.05) is 25.5 Å². The van der Waals surface area contributed by atoms with Gasteiger partial charge in [-0.3, -0.25) is 0 Å². The summed E-state index contributed by atoms with van der Waals surface area (Å²) in [5, 5.41) is 3.38. The van der Waals surface area contributed by atoms with E-state index in [0.29, 0.717) is 5.88 Å². The average Bonchev–Trinajstić information content (AvgIpc) is 2.48. The fourth-order valence-corrected chi connectivity index (χ4v) is 1.97. The van der Waals surface area contributed by atoms with E-state index in [9.17, 15) is 0 Å². The lowest BCUT2D eigenvalue weighted by Crippen LogP contribution is -2.13. The van der Waals surface area contributed by atoms with Crippen molar-refractivity contribution < 1.29 is 4.74 Å². The SMILES string of the molecule is CCCNCc1ccnc(Oc2cccc(N(C)C)c2)c1. The van der Waals surface area contributed by atoms with Crippen LogP contribution in [0.5, 0.6) is 11.6 Å². The number of ether oxygens (including phenoxy) is 1. The summed E-state index contributed by atoms with van der Waals surface area (Å²) in [5.74, 6) is 1.43. The van der Waals surface area contributed by atoms with Crippen LogP contribution in [-0.4, -0.2) is 25.6 Å². The van der Waals surface area contributed by atoms with E-state index in [4.69, 9.17) is 4.74 Å². The molecule has 0 unspecified atom stereocenters. The van der Waals surface area contributed by atoms with Gasteiger partial charge in [0.25, 0.3) is 0 Å². The Balaban J connectivity index is 2.05. The fraction of sp³-hybridized carbons (Fsp3) is 0.353. The van der Waals surface area contributed by atoms with Crippen molar-refractivity contribution in [3.63, 3.8) is 0 Å². The lowest BCUT2D eigenvalue weighted by molar-refractivity contribution is 0.461. The summed E-state index contributed by atoms with van der Waals surface area (Å²) in [6.45, 7) is 4.01. The van der Waals surface area contributed by atoms with Crippen LogP contribution in [0, 0.1) is 0 Å². The molecule has 0 aliphatic heterocycles. The number of hydrogen-bond acceptors (Lipinski definition) is 4. The first-order chi connectivity index (χ1) is 10.2. The number of rotatable bonds is 7. The molecular weight excluding hydrogens is 262 g/mol. The third-order valence-corrected chi connectivity index (χ3v) is 3.11. The number of hydrogen-bond donors (Lipinski definition) is 1. The molecule has 0 aliphatic carbocycles. The first-order valence-electron chi connectivity index (χ1n) is 7.30. The van der Waals surface area contributed by atoms with Crippen molar-refractivity contribution >= 4 is 5.69 Å². The number of benzene rings is 1. The molecule has 0 bridgehead atoms. The highest BCUT2D eigenvalue weighted by molar-refractivity contribution is 5.50. The van der Waals surface area contributed by atoms with Gasteiger partial charge in [-0.05, 0) is 36.7 Å². The van der Waals surface area contributed by atoms with Crippen molar-refractivity contribution in [3.05, 3.63) is 48.2 Å². The van der Waals surface area contributed by atoms with Gasteiger partial charge in [-0.15, -0.1) is 0 Å². The molecule has 2 rings (SSSR count). The second-order valence-corrected chi connectivity index (χ2v) is 5.17. The summed E-state index contributed by atoms with van der Waals surface area (Å²) < 4.78 is 5.85. The van der Waals surface area contributed by atoms with Crippen LogP contribution in [0.15, 0.2) is 42.6 Å². The van der Waals surface area contributed by atoms with Gasteiger partial charge in [-0.2, -0.15) is 0 Å². The molecule has 2 aromatic rings. The quantitative estimate of drug-likeness (QED) is 0.791. The standard InChI is InChI=1S/C17H23N3O/c1-4-9-18-13-14-8-10-19-17(11-14)21-16-7-5-6-15(12-16)20(2)3/h5-8,10-12,18H,4,9,13H2,1-3H3. The van der Waals surface area contributed by atoms with E-state index in [2.05, 4.69) is 17.2 Å². The predicted octanol–water partition coefficient (Wildman–Crippen LogP) is 3.44. The van der Waals surface area contributed by atoms with Crippen molar-refractivity contribution in [2.24, 2.45) is 0 Å². The number of pyridine rings is 1. The van der Waals surface area contributed by atoms with Crippen molar-refractivity contribution in [3.8, 4) is 11.6 Å². The molecule has 0 saturated heterocycles. The Morgan fingerprint density at radius 1 is 1.19 bits per heavy atom. The lowest BCUT2D eigenvalue weighted by atomic mass is 10.2. The van der Waals surface area contributed by atoms with Crippen molar-refractivity contribution in [1.82, 2.24) is 10.3 Å². The second-order valence-electron chi connectivity index (χ2n) is 5.17. The first kappa shape index (κ1) is 15.3. The Morgan fingerprint density at radius 3 is 2.81 bits per heavy atom. The van der Waals surface area contributed by atoms with Gasteiger partial charge in [-0.1, -0.05) is 13.0 Å². The van der Waals surface area contributed by atoms with E-state index in [1.165, 1.54) is 5.56 Å². The zero-order valence-corrected chi connectivity index (χ0v) is 13.0. The second kappa shape index (κ2) is 7.64. The molecule has 0 fully saturated rings. The zero-order chi connectivity index (χ0) is 15.1. The molecule has 1 N–H and O–H groups in total. The Labute approximate surface area is 126 Å². The van der Waals surface area contributed by atoms with Gasteiger partial charge in [-0.25, -0.2) is 4.98 Å². The van der Waals surface area contributed by atoms with E-state index in [-0.39, 0.29) is 0 Å². The Hall–Kier alpha value is -2.07. The van der Waals surface area contributed by atoms with E-state index < -0.39 is 0 Å². The zero-order valence-electron chi connectivity index (χ0n) is 13.0. The van der Waals surface area contributed by atoms with Gasteiger partial charge in [0, 0.05) is 44.7 Å². The van der Waals surface area contributed by atoms with Crippen molar-refractivity contribution in [2.45, 2.75) is 19.9 Å². The number of aromatic nitrogens is 1. The van der Waals surface area contributed by atoms with Crippen molar-refractivity contribution in [1.29, 1.82) is 0 Å². The van der Waals surface area contributed by atoms with Crippen LogP contribution < -0.4 is 15.0 Å². The minimum absolute atomic E-state index is 0.627. The van der Waals surface area contributed by atoms with Gasteiger partial charge in [0.15, 0.2) is 0 Å². The molecule has 112 valence electrons. The topological polar surface area (TPSA) is 37.4 Å². The minimum Gasteiger partial charge on any atom is -0.439 e. The normalized spacial score (nSPS) is 10.4. The summed E-state index contributed by atoms with van der Waals surface area (Å²) in [7, 11) is 4.02. The smallest absolute Gasteiger partial charge is 0.219 e. The maximum Gasteiger partial charge on any atom is 0.219 e. The van der Waals surface area contributed by atoms with Crippen LogP contribution in [-0.2, 0) is 6.54 Å². The molecule has 0 radical (unpaired) electrons. The van der Waals surface area contributed by atoms with Gasteiger partial charge in [0.1, 0.15) is 5.75 Å². The molecule has 0 amide bonds. The fourth-order valence-electron chi connectivity index (χ4n) is 1.97. The van der Waals surface area contributed by atoms with E-state index in [1.807, 2.05) is 55.4 Å². The van der Waals surface area contributed by atoms with Gasteiger partial charge in [0.05, 0.1) is 0 Å². The van der Waals surface area contributed by atoms with E-state index in [0.717, 1.165) is 30.9 Å². The van der Waals surface area contributed by atoms with Crippen LogP contribution in [0.3, 0.4) is 0 Å². The molecule has 0 saturated carbocycles. The Kier molecular flexibility index (Phi) is 5.58. The van der Waals surface area contributed by atoms with Gasteiger partial charge in [0.2, 0.25) is 5.88 Å². The molecule has 1 aromatic carbocycles. The van der Waals surface area contributed by atoms with Crippen LogP contribution in [0.4, 0.5) is 5.69 Å². The molecular formula is C17H23N3O. The number of nitrogens with zero attached hydrogens (tertiary/aromatic N) is 2. The Bertz CT molecular complexity index is 569. The van der Waals surface area contributed by atoms with Gasteiger partial charge >= 0.3 is 0 Å². The summed E-state index contributed by atoms with van der Waals surface area (Å²) >= 11 is 0. The highest BCUT2D eigenvalue weighted by Crippen LogP contribution is 2.24.